The highest BCUT2D eigenvalue weighted by molar-refractivity contribution is 7.13. The van der Waals surface area contributed by atoms with Crippen LogP contribution in [0.25, 0.3) is 0 Å². The summed E-state index contributed by atoms with van der Waals surface area (Å²) in [5.74, 6) is -0.619. The van der Waals surface area contributed by atoms with E-state index in [-0.39, 0.29) is 18.3 Å². The number of carbonyl (C=O) groups excluding carboxylic acids is 2. The monoisotopic (exact) mass is 419 g/mol. The molecule has 0 saturated carbocycles. The Morgan fingerprint density at radius 1 is 0.967 bits per heavy atom. The van der Waals surface area contributed by atoms with Crippen molar-refractivity contribution in [2.45, 2.75) is 6.61 Å². The van der Waals surface area contributed by atoms with Gasteiger partial charge in [0.05, 0.1) is 17.5 Å². The highest BCUT2D eigenvalue weighted by Gasteiger charge is 2.12. The number of furan rings is 1. The maximum absolute atomic E-state index is 12.3. The van der Waals surface area contributed by atoms with Gasteiger partial charge in [-0.1, -0.05) is 18.2 Å². The fourth-order valence-corrected chi connectivity index (χ4v) is 3.30. The van der Waals surface area contributed by atoms with Gasteiger partial charge in [-0.25, -0.2) is 9.78 Å². The topological polar surface area (TPSA) is 93.5 Å². The molecule has 1 amide bonds. The molecule has 7 nitrogen and oxygen atoms in total. The molecule has 2 N–H and O–H groups in total. The third-order valence-corrected chi connectivity index (χ3v) is 4.86. The smallest absolute Gasteiger partial charge is 0.338 e. The van der Waals surface area contributed by atoms with Gasteiger partial charge < -0.3 is 19.8 Å². The van der Waals surface area contributed by atoms with Crippen LogP contribution in [-0.2, 0) is 11.3 Å². The Labute approximate surface area is 176 Å². The van der Waals surface area contributed by atoms with Crippen molar-refractivity contribution in [1.82, 2.24) is 4.98 Å². The Kier molecular flexibility index (Phi) is 5.86. The third-order valence-electron chi connectivity index (χ3n) is 4.05. The SMILES string of the molecule is O=C(OCc1csc(Nc2ccccc2)n1)c1ccc(NC(=O)c2ccco2)cc1. The molecule has 0 radical (unpaired) electrons. The highest BCUT2D eigenvalue weighted by Crippen LogP contribution is 2.21. The van der Waals surface area contributed by atoms with Crippen LogP contribution in [0.2, 0.25) is 0 Å². The zero-order chi connectivity index (χ0) is 20.8. The van der Waals surface area contributed by atoms with Gasteiger partial charge in [0, 0.05) is 16.8 Å². The van der Waals surface area contributed by atoms with Crippen molar-refractivity contribution >= 4 is 39.7 Å². The summed E-state index contributed by atoms with van der Waals surface area (Å²) < 4.78 is 10.4. The first-order valence-corrected chi connectivity index (χ1v) is 9.94. The molecule has 0 spiro atoms. The van der Waals surface area contributed by atoms with Crippen LogP contribution in [0.15, 0.2) is 82.8 Å². The van der Waals surface area contributed by atoms with Gasteiger partial charge in [-0.2, -0.15) is 0 Å². The zero-order valence-electron chi connectivity index (χ0n) is 15.7. The van der Waals surface area contributed by atoms with E-state index in [9.17, 15) is 9.59 Å². The van der Waals surface area contributed by atoms with Crippen LogP contribution in [0.4, 0.5) is 16.5 Å². The summed E-state index contributed by atoms with van der Waals surface area (Å²) in [5, 5.41) is 8.46. The number of hydrogen-bond acceptors (Lipinski definition) is 7. The number of benzene rings is 2. The molecule has 0 aliphatic rings. The predicted octanol–water partition coefficient (Wildman–Crippen LogP) is 5.09. The lowest BCUT2D eigenvalue weighted by molar-refractivity contribution is 0.0468. The van der Waals surface area contributed by atoms with Gasteiger partial charge in [0.25, 0.3) is 5.91 Å². The average molecular weight is 419 g/mol. The van der Waals surface area contributed by atoms with E-state index in [1.807, 2.05) is 35.7 Å². The number of amides is 1. The molecule has 0 bridgehead atoms. The molecule has 2 heterocycles. The van der Waals surface area contributed by atoms with Crippen LogP contribution in [0.1, 0.15) is 26.6 Å². The number of esters is 1. The van der Waals surface area contributed by atoms with Crippen molar-refractivity contribution in [2.75, 3.05) is 10.6 Å². The quantitative estimate of drug-likeness (QED) is 0.405. The molecule has 8 heteroatoms. The minimum absolute atomic E-state index is 0.0722. The van der Waals surface area contributed by atoms with Crippen molar-refractivity contribution in [2.24, 2.45) is 0 Å². The average Bonchev–Trinajstić information content (AvgIpc) is 3.46. The normalized spacial score (nSPS) is 10.4. The van der Waals surface area contributed by atoms with Crippen LogP contribution >= 0.6 is 11.3 Å². The molecule has 4 aromatic rings. The van der Waals surface area contributed by atoms with Crippen LogP contribution in [0.3, 0.4) is 0 Å². The summed E-state index contributed by atoms with van der Waals surface area (Å²) in [4.78, 5) is 28.7. The Hall–Kier alpha value is -3.91. The van der Waals surface area contributed by atoms with Crippen LogP contribution in [0, 0.1) is 0 Å². The molecule has 150 valence electrons. The number of thiazole rings is 1. The third kappa shape index (κ3) is 4.92. The van der Waals surface area contributed by atoms with E-state index in [0.717, 1.165) is 10.8 Å². The van der Waals surface area contributed by atoms with Gasteiger partial charge in [-0.15, -0.1) is 11.3 Å². The zero-order valence-corrected chi connectivity index (χ0v) is 16.5. The number of rotatable bonds is 7. The van der Waals surface area contributed by atoms with Gasteiger partial charge in [-0.3, -0.25) is 4.79 Å². The molecule has 0 aliphatic carbocycles. The minimum Gasteiger partial charge on any atom is -0.459 e. The molecule has 0 saturated heterocycles. The second-order valence-electron chi connectivity index (χ2n) is 6.22. The summed E-state index contributed by atoms with van der Waals surface area (Å²) in [6, 6.07) is 19.3. The first kappa shape index (κ1) is 19.4. The number of anilines is 3. The summed E-state index contributed by atoms with van der Waals surface area (Å²) in [6.07, 6.45) is 1.43. The first-order chi connectivity index (χ1) is 14.7. The number of nitrogens with one attached hydrogen (secondary N) is 2. The predicted molar refractivity (Wildman–Crippen MR) is 114 cm³/mol. The van der Waals surface area contributed by atoms with E-state index >= 15 is 0 Å². The Bertz CT molecular complexity index is 1120. The van der Waals surface area contributed by atoms with E-state index in [1.165, 1.54) is 17.6 Å². The number of nitrogens with zero attached hydrogens (tertiary/aromatic N) is 1. The molecule has 2 aromatic heterocycles. The molecule has 0 atom stereocenters. The molecule has 0 aliphatic heterocycles. The fraction of sp³-hybridized carbons (Fsp3) is 0.0455. The molecule has 30 heavy (non-hydrogen) atoms. The van der Waals surface area contributed by atoms with Gasteiger partial charge in [0.2, 0.25) is 0 Å². The van der Waals surface area contributed by atoms with E-state index in [2.05, 4.69) is 15.6 Å². The van der Waals surface area contributed by atoms with Gasteiger partial charge in [0.15, 0.2) is 10.9 Å². The molecular formula is C22H17N3O4S. The van der Waals surface area contributed by atoms with Gasteiger partial charge in [0.1, 0.15) is 6.61 Å². The Morgan fingerprint density at radius 3 is 2.50 bits per heavy atom. The van der Waals surface area contributed by atoms with E-state index < -0.39 is 5.97 Å². The number of aromatic nitrogens is 1. The molecule has 0 fully saturated rings. The number of ether oxygens (including phenoxy) is 1. The standard InChI is InChI=1S/C22H17N3O4S/c26-20(19-7-4-12-28-19)23-17-10-8-15(9-11-17)21(27)29-13-18-14-30-22(25-18)24-16-5-2-1-3-6-16/h1-12,14H,13H2,(H,23,26)(H,24,25). The number of carbonyl (C=O) groups is 2. The maximum atomic E-state index is 12.3. The van der Waals surface area contributed by atoms with E-state index in [1.54, 1.807) is 36.4 Å². The van der Waals surface area contributed by atoms with Crippen molar-refractivity contribution in [3.05, 3.63) is 95.4 Å². The molecule has 2 aromatic carbocycles. The number of para-hydroxylation sites is 1. The van der Waals surface area contributed by atoms with Crippen LogP contribution < -0.4 is 10.6 Å². The Balaban J connectivity index is 1.29. The van der Waals surface area contributed by atoms with Crippen molar-refractivity contribution in [3.8, 4) is 0 Å². The largest absolute Gasteiger partial charge is 0.459 e. The van der Waals surface area contributed by atoms with Crippen molar-refractivity contribution in [1.29, 1.82) is 0 Å². The van der Waals surface area contributed by atoms with Gasteiger partial charge in [-0.05, 0) is 48.5 Å². The molecular weight excluding hydrogens is 402 g/mol. The van der Waals surface area contributed by atoms with Gasteiger partial charge >= 0.3 is 5.97 Å². The number of hydrogen-bond donors (Lipinski definition) is 2. The lowest BCUT2D eigenvalue weighted by Gasteiger charge is -2.06. The molecule has 0 unspecified atom stereocenters. The summed E-state index contributed by atoms with van der Waals surface area (Å²) >= 11 is 1.44. The summed E-state index contributed by atoms with van der Waals surface area (Å²) in [7, 11) is 0. The lowest BCUT2D eigenvalue weighted by Crippen LogP contribution is -2.11. The maximum Gasteiger partial charge on any atom is 0.338 e. The van der Waals surface area contributed by atoms with E-state index in [0.29, 0.717) is 16.9 Å². The van der Waals surface area contributed by atoms with Crippen molar-refractivity contribution in [3.63, 3.8) is 0 Å². The second-order valence-corrected chi connectivity index (χ2v) is 7.08. The van der Waals surface area contributed by atoms with Crippen LogP contribution in [-0.4, -0.2) is 16.9 Å². The fourth-order valence-electron chi connectivity index (χ4n) is 2.59. The first-order valence-electron chi connectivity index (χ1n) is 9.06. The minimum atomic E-state index is -0.468. The van der Waals surface area contributed by atoms with E-state index in [4.69, 9.17) is 9.15 Å². The van der Waals surface area contributed by atoms with Crippen LogP contribution in [0.5, 0.6) is 0 Å². The summed E-state index contributed by atoms with van der Waals surface area (Å²) in [6.45, 7) is 0.0722. The molecule has 4 rings (SSSR count). The summed E-state index contributed by atoms with van der Waals surface area (Å²) in [5.41, 5.74) is 2.52. The Morgan fingerprint density at radius 2 is 1.77 bits per heavy atom. The van der Waals surface area contributed by atoms with Crippen molar-refractivity contribution < 1.29 is 18.7 Å². The highest BCUT2D eigenvalue weighted by atomic mass is 32.1. The second kappa shape index (κ2) is 9.06. The lowest BCUT2D eigenvalue weighted by atomic mass is 10.2.